The van der Waals surface area contributed by atoms with E-state index in [1.54, 1.807) is 19.4 Å². The van der Waals surface area contributed by atoms with Gasteiger partial charge in [0, 0.05) is 25.4 Å². The van der Waals surface area contributed by atoms with Crippen molar-refractivity contribution in [2.45, 2.75) is 13.5 Å². The van der Waals surface area contributed by atoms with Crippen LogP contribution in [-0.4, -0.2) is 31.1 Å². The first kappa shape index (κ1) is 14.0. The lowest BCUT2D eigenvalue weighted by atomic mass is 10.3. The van der Waals surface area contributed by atoms with Crippen LogP contribution >= 0.6 is 0 Å². The van der Waals surface area contributed by atoms with Crippen molar-refractivity contribution < 1.29 is 4.74 Å². The summed E-state index contributed by atoms with van der Waals surface area (Å²) in [6.45, 7) is 7.77. The fraction of sp³-hybridized carbons (Fsp3) is 0.385. The number of aliphatic imine (C=N–C) groups is 1. The van der Waals surface area contributed by atoms with Crippen molar-refractivity contribution in [3.63, 3.8) is 0 Å². The van der Waals surface area contributed by atoms with Crippen molar-refractivity contribution in [2.24, 2.45) is 4.99 Å². The molecule has 18 heavy (non-hydrogen) atoms. The van der Waals surface area contributed by atoms with Gasteiger partial charge in [-0.05, 0) is 12.5 Å². The van der Waals surface area contributed by atoms with Gasteiger partial charge in [-0.1, -0.05) is 12.1 Å². The highest BCUT2D eigenvalue weighted by atomic mass is 16.5. The molecule has 0 aliphatic heterocycles. The van der Waals surface area contributed by atoms with Gasteiger partial charge in [0.2, 0.25) is 5.88 Å². The summed E-state index contributed by atoms with van der Waals surface area (Å²) in [6.07, 6.45) is 3.56. The molecule has 0 saturated heterocycles. The summed E-state index contributed by atoms with van der Waals surface area (Å²) in [6, 6.07) is 3.78. The first-order valence-electron chi connectivity index (χ1n) is 5.92. The maximum Gasteiger partial charge on any atom is 0.212 e. The minimum atomic E-state index is 0.573. The number of guanidine groups is 1. The lowest BCUT2D eigenvalue weighted by molar-refractivity contribution is 0.397. The van der Waals surface area contributed by atoms with Gasteiger partial charge < -0.3 is 15.4 Å². The van der Waals surface area contributed by atoms with Crippen LogP contribution in [0.15, 0.2) is 36.0 Å². The Hall–Kier alpha value is -2.04. The molecule has 0 fully saturated rings. The van der Waals surface area contributed by atoms with E-state index in [9.17, 15) is 0 Å². The Kier molecular flexibility index (Phi) is 6.32. The summed E-state index contributed by atoms with van der Waals surface area (Å²) in [5, 5.41) is 6.30. The molecule has 5 heteroatoms. The first-order chi connectivity index (χ1) is 8.80. The molecule has 1 rings (SSSR count). The van der Waals surface area contributed by atoms with Crippen LogP contribution in [0.25, 0.3) is 0 Å². The van der Waals surface area contributed by atoms with Crippen LogP contribution in [0.3, 0.4) is 0 Å². The molecule has 0 spiro atoms. The Morgan fingerprint density at radius 2 is 2.33 bits per heavy atom. The van der Waals surface area contributed by atoms with Gasteiger partial charge in [0.15, 0.2) is 5.96 Å². The van der Waals surface area contributed by atoms with E-state index in [0.717, 1.165) is 18.1 Å². The van der Waals surface area contributed by atoms with Gasteiger partial charge in [-0.15, -0.1) is 6.58 Å². The minimum Gasteiger partial charge on any atom is -0.481 e. The largest absolute Gasteiger partial charge is 0.481 e. The molecule has 0 aliphatic carbocycles. The second kappa shape index (κ2) is 8.11. The van der Waals surface area contributed by atoms with Gasteiger partial charge in [-0.3, -0.25) is 0 Å². The van der Waals surface area contributed by atoms with Gasteiger partial charge in [0.25, 0.3) is 0 Å². The Balaban J connectivity index is 2.59. The third-order valence-electron chi connectivity index (χ3n) is 2.18. The Labute approximate surface area is 108 Å². The summed E-state index contributed by atoms with van der Waals surface area (Å²) >= 11 is 0. The van der Waals surface area contributed by atoms with Gasteiger partial charge in [0.1, 0.15) is 0 Å². The number of nitrogens with zero attached hydrogens (tertiary/aromatic N) is 2. The zero-order valence-corrected chi connectivity index (χ0v) is 10.9. The summed E-state index contributed by atoms with van der Waals surface area (Å²) < 4.78 is 5.00. The zero-order valence-electron chi connectivity index (χ0n) is 10.9. The Morgan fingerprint density at radius 3 is 2.89 bits per heavy atom. The normalized spacial score (nSPS) is 10.9. The zero-order chi connectivity index (χ0) is 13.2. The predicted octanol–water partition coefficient (Wildman–Crippen LogP) is 1.33. The average Bonchev–Trinajstić information content (AvgIpc) is 2.42. The van der Waals surface area contributed by atoms with E-state index in [0.29, 0.717) is 19.0 Å². The summed E-state index contributed by atoms with van der Waals surface area (Å²) in [5.74, 6) is 1.38. The first-order valence-corrected chi connectivity index (χ1v) is 5.92. The van der Waals surface area contributed by atoms with E-state index in [1.807, 2.05) is 19.1 Å². The molecule has 2 N–H and O–H groups in total. The molecule has 0 aliphatic rings. The van der Waals surface area contributed by atoms with Crippen LogP contribution in [0.1, 0.15) is 12.5 Å². The second-order valence-electron chi connectivity index (χ2n) is 3.57. The van der Waals surface area contributed by atoms with Crippen molar-refractivity contribution >= 4 is 5.96 Å². The lowest BCUT2D eigenvalue weighted by Gasteiger charge is -2.09. The van der Waals surface area contributed by atoms with Crippen molar-refractivity contribution in [3.05, 3.63) is 36.5 Å². The van der Waals surface area contributed by atoms with E-state index < -0.39 is 0 Å². The predicted molar refractivity (Wildman–Crippen MR) is 73.8 cm³/mol. The van der Waals surface area contributed by atoms with Gasteiger partial charge in [-0.25, -0.2) is 9.98 Å². The number of aromatic nitrogens is 1. The molecule has 0 radical (unpaired) electrons. The van der Waals surface area contributed by atoms with Crippen LogP contribution < -0.4 is 15.4 Å². The lowest BCUT2D eigenvalue weighted by Crippen LogP contribution is -2.37. The summed E-state index contributed by atoms with van der Waals surface area (Å²) in [7, 11) is 1.60. The van der Waals surface area contributed by atoms with E-state index in [-0.39, 0.29) is 0 Å². The van der Waals surface area contributed by atoms with Crippen LogP contribution in [0.4, 0.5) is 0 Å². The van der Waals surface area contributed by atoms with E-state index in [1.165, 1.54) is 0 Å². The van der Waals surface area contributed by atoms with E-state index >= 15 is 0 Å². The topological polar surface area (TPSA) is 58.5 Å². The third kappa shape index (κ3) is 4.86. The molecular weight excluding hydrogens is 228 g/mol. The standard InChI is InChI=1S/C13H20N4O/c1-4-8-15-13(14-5-2)17-10-11-6-7-12(18-3)16-9-11/h4,6-7,9H,1,5,8,10H2,2-3H3,(H2,14,15,17). The fourth-order valence-corrected chi connectivity index (χ4v) is 1.31. The third-order valence-corrected chi connectivity index (χ3v) is 2.18. The number of ether oxygens (including phenoxy) is 1. The number of pyridine rings is 1. The van der Waals surface area contributed by atoms with Gasteiger partial charge in [-0.2, -0.15) is 0 Å². The highest BCUT2D eigenvalue weighted by molar-refractivity contribution is 5.79. The Bertz CT molecular complexity index is 386. The molecule has 0 saturated carbocycles. The number of nitrogens with one attached hydrogen (secondary N) is 2. The number of hydrogen-bond donors (Lipinski definition) is 2. The van der Waals surface area contributed by atoms with Crippen LogP contribution in [0, 0.1) is 0 Å². The molecule has 1 heterocycles. The molecule has 0 bridgehead atoms. The SMILES string of the molecule is C=CCNC(=NCc1ccc(OC)nc1)NCC. The molecule has 98 valence electrons. The summed E-state index contributed by atoms with van der Waals surface area (Å²) in [5.41, 5.74) is 1.03. The second-order valence-corrected chi connectivity index (χ2v) is 3.57. The molecular formula is C13H20N4O. The number of methoxy groups -OCH3 is 1. The van der Waals surface area contributed by atoms with Crippen LogP contribution in [-0.2, 0) is 6.54 Å². The maximum absolute atomic E-state index is 5.00. The molecule has 1 aromatic heterocycles. The smallest absolute Gasteiger partial charge is 0.212 e. The molecule has 0 atom stereocenters. The molecule has 5 nitrogen and oxygen atoms in total. The van der Waals surface area contributed by atoms with Crippen LogP contribution in [0.2, 0.25) is 0 Å². The maximum atomic E-state index is 5.00. The van der Waals surface area contributed by atoms with Crippen molar-refractivity contribution in [1.82, 2.24) is 15.6 Å². The minimum absolute atomic E-state index is 0.573. The number of hydrogen-bond acceptors (Lipinski definition) is 3. The highest BCUT2D eigenvalue weighted by Gasteiger charge is 1.97. The van der Waals surface area contributed by atoms with E-state index in [4.69, 9.17) is 4.74 Å². The highest BCUT2D eigenvalue weighted by Crippen LogP contribution is 2.07. The van der Waals surface area contributed by atoms with Crippen molar-refractivity contribution in [3.8, 4) is 5.88 Å². The fourth-order valence-electron chi connectivity index (χ4n) is 1.31. The molecule has 0 unspecified atom stereocenters. The van der Waals surface area contributed by atoms with Crippen molar-refractivity contribution in [2.75, 3.05) is 20.2 Å². The van der Waals surface area contributed by atoms with Gasteiger partial charge in [0.05, 0.1) is 13.7 Å². The number of rotatable bonds is 6. The molecule has 0 amide bonds. The van der Waals surface area contributed by atoms with Gasteiger partial charge >= 0.3 is 0 Å². The van der Waals surface area contributed by atoms with Crippen molar-refractivity contribution in [1.29, 1.82) is 0 Å². The monoisotopic (exact) mass is 248 g/mol. The Morgan fingerprint density at radius 1 is 1.50 bits per heavy atom. The van der Waals surface area contributed by atoms with E-state index in [2.05, 4.69) is 27.2 Å². The van der Waals surface area contributed by atoms with Crippen LogP contribution in [0.5, 0.6) is 5.88 Å². The molecule has 0 aromatic carbocycles. The quantitative estimate of drug-likeness (QED) is 0.453. The average molecular weight is 248 g/mol. The molecule has 1 aromatic rings. The summed E-state index contributed by atoms with van der Waals surface area (Å²) in [4.78, 5) is 8.58.